The van der Waals surface area contributed by atoms with Gasteiger partial charge in [-0.05, 0) is 109 Å². The number of H-pyrrole nitrogens is 4. The third-order valence-electron chi connectivity index (χ3n) is 9.71. The van der Waals surface area contributed by atoms with Crippen molar-refractivity contribution in [3.05, 3.63) is 108 Å². The van der Waals surface area contributed by atoms with Crippen molar-refractivity contribution in [2.24, 2.45) is 0 Å². The van der Waals surface area contributed by atoms with Crippen molar-refractivity contribution in [2.45, 2.75) is 0 Å². The Morgan fingerprint density at radius 1 is 0.333 bits per heavy atom. The lowest BCUT2D eigenvalue weighted by Crippen LogP contribution is -1.85. The number of nitrogens with one attached hydrogen (secondary N) is 4. The van der Waals surface area contributed by atoms with Crippen molar-refractivity contribution >= 4 is 123 Å². The number of aromatic nitrogens is 8. The molecule has 10 aromatic rings. The van der Waals surface area contributed by atoms with Crippen molar-refractivity contribution < 1.29 is 0 Å². The second-order valence-electron chi connectivity index (χ2n) is 12.9. The summed E-state index contributed by atoms with van der Waals surface area (Å²) < 4.78 is 0. The van der Waals surface area contributed by atoms with Crippen LogP contribution in [0.25, 0.3) is 123 Å². The van der Waals surface area contributed by atoms with Crippen LogP contribution in [-0.4, -0.2) is 39.9 Å². The molecule has 4 N–H and O–H groups in total. The Kier molecular flexibility index (Phi) is 4.33. The first-order valence-electron chi connectivity index (χ1n) is 16.0. The molecule has 12 rings (SSSR count). The van der Waals surface area contributed by atoms with Crippen LogP contribution in [0.1, 0.15) is 22.8 Å². The fourth-order valence-electron chi connectivity index (χ4n) is 7.73. The lowest BCUT2D eigenvalue weighted by Gasteiger charge is -2.07. The number of aromatic amines is 4. The van der Waals surface area contributed by atoms with Crippen LogP contribution in [0.5, 0.6) is 0 Å². The van der Waals surface area contributed by atoms with Crippen molar-refractivity contribution in [2.75, 3.05) is 0 Å². The van der Waals surface area contributed by atoms with Crippen LogP contribution in [-0.2, 0) is 0 Å². The number of hydrogen-bond donors (Lipinski definition) is 4. The van der Waals surface area contributed by atoms with E-state index in [0.29, 0.717) is 0 Å². The summed E-state index contributed by atoms with van der Waals surface area (Å²) in [6.07, 6.45) is 8.21. The maximum atomic E-state index is 5.32. The molecule has 0 radical (unpaired) electrons. The maximum Gasteiger partial charge on any atom is 0.0817 e. The molecular weight excluding hydrogens is 592 g/mol. The lowest BCUT2D eigenvalue weighted by atomic mass is 9.98. The molecule has 48 heavy (non-hydrogen) atoms. The van der Waals surface area contributed by atoms with Gasteiger partial charge >= 0.3 is 0 Å². The van der Waals surface area contributed by atoms with E-state index >= 15 is 0 Å². The molecule has 0 fully saturated rings. The van der Waals surface area contributed by atoms with E-state index in [1.807, 2.05) is 12.2 Å². The summed E-state index contributed by atoms with van der Waals surface area (Å²) >= 11 is 0. The molecule has 0 saturated carbocycles. The average molecular weight is 615 g/mol. The second kappa shape index (κ2) is 8.51. The number of benzene rings is 2. The molecule has 0 aliphatic carbocycles. The van der Waals surface area contributed by atoms with E-state index in [9.17, 15) is 0 Å². The van der Waals surface area contributed by atoms with E-state index in [2.05, 4.69) is 117 Å². The van der Waals surface area contributed by atoms with Crippen molar-refractivity contribution in [3.63, 3.8) is 0 Å². The Labute approximate surface area is 269 Å². The molecule has 8 heteroatoms. The third kappa shape index (κ3) is 3.43. The Morgan fingerprint density at radius 2 is 0.729 bits per heavy atom. The van der Waals surface area contributed by atoms with E-state index in [-0.39, 0.29) is 0 Å². The molecule has 2 aliphatic rings. The number of fused-ring (bicyclic) bond motifs is 14. The van der Waals surface area contributed by atoms with Gasteiger partial charge in [0, 0.05) is 65.4 Å². The summed E-state index contributed by atoms with van der Waals surface area (Å²) in [5.41, 5.74) is 15.2. The maximum absolute atomic E-state index is 5.32. The third-order valence-corrected chi connectivity index (χ3v) is 9.71. The Morgan fingerprint density at radius 3 is 1.17 bits per heavy atom. The van der Waals surface area contributed by atoms with Crippen LogP contribution < -0.4 is 0 Å². The summed E-state index contributed by atoms with van der Waals surface area (Å²) in [5.74, 6) is 0. The van der Waals surface area contributed by atoms with E-state index < -0.39 is 0 Å². The molecule has 0 unspecified atom stereocenters. The van der Waals surface area contributed by atoms with E-state index in [1.54, 1.807) is 0 Å². The van der Waals surface area contributed by atoms with E-state index in [0.717, 1.165) is 121 Å². The number of hydrogen-bond acceptors (Lipinski definition) is 4. The zero-order chi connectivity index (χ0) is 31.1. The summed E-state index contributed by atoms with van der Waals surface area (Å²) in [6, 6.07) is 29.7. The van der Waals surface area contributed by atoms with Gasteiger partial charge in [-0.3, -0.25) is 0 Å². The summed E-state index contributed by atoms with van der Waals surface area (Å²) in [7, 11) is 0. The highest BCUT2D eigenvalue weighted by atomic mass is 14.8. The lowest BCUT2D eigenvalue weighted by molar-refractivity contribution is 1.32. The van der Waals surface area contributed by atoms with Gasteiger partial charge in [-0.15, -0.1) is 0 Å². The molecule has 8 aromatic heterocycles. The Hall–Kier alpha value is -6.80. The fraction of sp³-hybridized carbons (Fsp3) is 0. The molecule has 0 atom stereocenters. The standard InChI is InChI=1S/C40H22N8/c1-5-23-11-27-15-31-32-17-29-13-25-7-3-21(43-25)10-22-4-8-26(44-22)14-30-18-34-33-16-28(12-24-6-2-20(42-24)9-19(1)41-23)46-39(33)35(37(31)45-27)36(38(32)47-29)40(34)48-30/h1-18,41,43,46,48H. The summed E-state index contributed by atoms with van der Waals surface area (Å²) in [5, 5.41) is 6.48. The van der Waals surface area contributed by atoms with Gasteiger partial charge in [0.2, 0.25) is 0 Å². The highest BCUT2D eigenvalue weighted by Gasteiger charge is 2.22. The van der Waals surface area contributed by atoms with Crippen LogP contribution in [0.4, 0.5) is 0 Å². The normalized spacial score (nSPS) is 13.2. The second-order valence-corrected chi connectivity index (χ2v) is 12.9. The first-order valence-corrected chi connectivity index (χ1v) is 16.0. The van der Waals surface area contributed by atoms with Gasteiger partial charge in [0.05, 0.1) is 55.9 Å². The quantitative estimate of drug-likeness (QED) is 0.136. The van der Waals surface area contributed by atoms with Crippen molar-refractivity contribution in [3.8, 4) is 0 Å². The van der Waals surface area contributed by atoms with Crippen LogP contribution in [0.2, 0.25) is 0 Å². The molecule has 16 bridgehead atoms. The minimum absolute atomic E-state index is 0.886. The molecule has 0 amide bonds. The minimum atomic E-state index is 0.886. The predicted octanol–water partition coefficient (Wildman–Crippen LogP) is 9.61. The smallest absolute Gasteiger partial charge is 0.0817 e. The van der Waals surface area contributed by atoms with Gasteiger partial charge in [0.1, 0.15) is 0 Å². The van der Waals surface area contributed by atoms with E-state index in [4.69, 9.17) is 19.9 Å². The average Bonchev–Trinajstić information content (AvgIpc) is 3.89. The largest absolute Gasteiger partial charge is 0.355 e. The highest BCUT2D eigenvalue weighted by molar-refractivity contribution is 6.39. The Balaban J connectivity index is 1.37. The molecule has 0 saturated heterocycles. The first-order chi connectivity index (χ1) is 23.6. The van der Waals surface area contributed by atoms with E-state index in [1.165, 1.54) is 0 Å². The molecule has 2 aromatic carbocycles. The fourth-order valence-corrected chi connectivity index (χ4v) is 7.73. The topological polar surface area (TPSA) is 115 Å². The van der Waals surface area contributed by atoms with Crippen LogP contribution in [0, 0.1) is 0 Å². The van der Waals surface area contributed by atoms with Crippen LogP contribution in [0.3, 0.4) is 0 Å². The zero-order valence-corrected chi connectivity index (χ0v) is 25.2. The Bertz CT molecular complexity index is 3070. The molecular formula is C40H22N8. The summed E-state index contributed by atoms with van der Waals surface area (Å²) in [4.78, 5) is 35.0. The summed E-state index contributed by atoms with van der Waals surface area (Å²) in [6.45, 7) is 0. The molecule has 0 spiro atoms. The molecule has 10 heterocycles. The number of nitrogens with zero attached hydrogens (tertiary/aromatic N) is 4. The van der Waals surface area contributed by atoms with Crippen LogP contribution >= 0.6 is 0 Å². The first kappa shape index (κ1) is 24.4. The van der Waals surface area contributed by atoms with Gasteiger partial charge in [0.25, 0.3) is 0 Å². The zero-order valence-electron chi connectivity index (χ0n) is 25.2. The van der Waals surface area contributed by atoms with Gasteiger partial charge in [-0.1, -0.05) is 0 Å². The molecule has 2 aliphatic heterocycles. The van der Waals surface area contributed by atoms with Gasteiger partial charge in [-0.2, -0.15) is 0 Å². The molecule has 222 valence electrons. The SMILES string of the molecule is C1=Cc2cc3cc4c5cc6cc7nc(cc8ccc(cc9cc%10c%11cc(cc%12ccc(cc1n2)[nH]%12)nc%11c(c4[nH]3)c(c%10n9)c5[nH]6)[nH]8)C=C7. The van der Waals surface area contributed by atoms with Crippen LogP contribution in [0.15, 0.2) is 84.9 Å². The minimum Gasteiger partial charge on any atom is -0.355 e. The monoisotopic (exact) mass is 614 g/mol. The van der Waals surface area contributed by atoms with Gasteiger partial charge in [0.15, 0.2) is 0 Å². The highest BCUT2D eigenvalue weighted by Crippen LogP contribution is 2.44. The number of rotatable bonds is 0. The van der Waals surface area contributed by atoms with Crippen molar-refractivity contribution in [1.29, 1.82) is 0 Å². The van der Waals surface area contributed by atoms with Crippen molar-refractivity contribution in [1.82, 2.24) is 39.9 Å². The van der Waals surface area contributed by atoms with Gasteiger partial charge in [-0.25, -0.2) is 19.9 Å². The molecule has 8 nitrogen and oxygen atoms in total. The predicted molar refractivity (Wildman–Crippen MR) is 197 cm³/mol. The van der Waals surface area contributed by atoms with Gasteiger partial charge < -0.3 is 19.9 Å².